The molecule has 0 aromatic carbocycles. The highest BCUT2D eigenvalue weighted by atomic mass is 15.3. The maximum atomic E-state index is 5.13. The van der Waals surface area contributed by atoms with Gasteiger partial charge in [-0.15, -0.1) is 0 Å². The smallest absolute Gasteiger partial charge is 0.0852 e. The van der Waals surface area contributed by atoms with E-state index >= 15 is 0 Å². The number of nitrogens with two attached hydrogens (primary N) is 2. The third-order valence-electron chi connectivity index (χ3n) is 0.663. The number of nitrogens with one attached hydrogen (secondary N) is 1. The molecule has 0 aromatic heterocycles. The molecule has 1 heterocycles. The van der Waals surface area contributed by atoms with Crippen LogP contribution < -0.4 is 16.8 Å². The Morgan fingerprint density at radius 1 is 1.20 bits per heavy atom. The summed E-state index contributed by atoms with van der Waals surface area (Å²) in [5.41, 5.74) is 10.3. The van der Waals surface area contributed by atoms with Crippen LogP contribution in [0.2, 0.25) is 0 Å². The van der Waals surface area contributed by atoms with Crippen molar-refractivity contribution in [2.45, 2.75) is 12.3 Å². The molecule has 1 saturated heterocycles. The molecule has 3 heteroatoms. The zero-order chi connectivity index (χ0) is 3.86. The maximum absolute atomic E-state index is 5.13. The molecule has 2 unspecified atom stereocenters. The molecule has 1 aliphatic rings. The summed E-state index contributed by atoms with van der Waals surface area (Å²) in [6, 6.07) is 0. The standard InChI is InChI=1S/C2H7N3/c3-1-2(4)5-1/h1-2,5H,3-4H2. The fourth-order valence-electron chi connectivity index (χ4n) is 0.167. The van der Waals surface area contributed by atoms with Crippen LogP contribution in [0.15, 0.2) is 0 Å². The van der Waals surface area contributed by atoms with Crippen molar-refractivity contribution >= 4 is 0 Å². The van der Waals surface area contributed by atoms with Crippen molar-refractivity contribution in [3.8, 4) is 0 Å². The zero-order valence-corrected chi connectivity index (χ0v) is 2.81. The van der Waals surface area contributed by atoms with E-state index in [-0.39, 0.29) is 12.3 Å². The average molecular weight is 73.1 g/mol. The summed E-state index contributed by atoms with van der Waals surface area (Å²) in [6.45, 7) is 0. The van der Waals surface area contributed by atoms with Gasteiger partial charge in [-0.3, -0.25) is 5.32 Å². The molecule has 0 spiro atoms. The second-order valence-corrected chi connectivity index (χ2v) is 1.22. The Morgan fingerprint density at radius 3 is 1.40 bits per heavy atom. The Balaban J connectivity index is 2.20. The van der Waals surface area contributed by atoms with Gasteiger partial charge in [0.25, 0.3) is 0 Å². The van der Waals surface area contributed by atoms with Crippen molar-refractivity contribution in [2.75, 3.05) is 0 Å². The lowest BCUT2D eigenvalue weighted by atomic mass is 10.7. The molecule has 0 aromatic rings. The second kappa shape index (κ2) is 0.680. The molecule has 1 fully saturated rings. The maximum Gasteiger partial charge on any atom is 0.0852 e. The van der Waals surface area contributed by atoms with Crippen LogP contribution in [0.3, 0.4) is 0 Å². The van der Waals surface area contributed by atoms with Gasteiger partial charge in [0.15, 0.2) is 0 Å². The molecule has 0 saturated carbocycles. The first-order valence-electron chi connectivity index (χ1n) is 1.58. The predicted molar refractivity (Wildman–Crippen MR) is 19.1 cm³/mol. The van der Waals surface area contributed by atoms with Crippen molar-refractivity contribution in [3.63, 3.8) is 0 Å². The molecule has 0 bridgehead atoms. The van der Waals surface area contributed by atoms with Gasteiger partial charge in [-0.1, -0.05) is 0 Å². The highest BCUT2D eigenvalue weighted by molar-refractivity contribution is 4.86. The molecule has 1 rings (SSSR count). The van der Waals surface area contributed by atoms with Crippen LogP contribution in [0.25, 0.3) is 0 Å². The van der Waals surface area contributed by atoms with Crippen LogP contribution >= 0.6 is 0 Å². The summed E-state index contributed by atoms with van der Waals surface area (Å²) >= 11 is 0. The third kappa shape index (κ3) is 0.397. The van der Waals surface area contributed by atoms with Crippen LogP contribution in [0.4, 0.5) is 0 Å². The van der Waals surface area contributed by atoms with E-state index in [1.165, 1.54) is 0 Å². The Hall–Kier alpha value is -0.120. The topological polar surface area (TPSA) is 74.0 Å². The molecular formula is C2H7N3. The summed E-state index contributed by atoms with van der Waals surface area (Å²) in [5.74, 6) is 0. The van der Waals surface area contributed by atoms with Crippen LogP contribution in [-0.4, -0.2) is 12.3 Å². The van der Waals surface area contributed by atoms with Crippen molar-refractivity contribution in [2.24, 2.45) is 11.5 Å². The predicted octanol–water partition coefficient (Wildman–Crippen LogP) is -1.84. The van der Waals surface area contributed by atoms with Gasteiger partial charge in [-0.05, 0) is 0 Å². The first-order chi connectivity index (χ1) is 2.30. The van der Waals surface area contributed by atoms with Crippen LogP contribution in [-0.2, 0) is 0 Å². The van der Waals surface area contributed by atoms with Gasteiger partial charge in [0.1, 0.15) is 0 Å². The molecule has 30 valence electrons. The molecule has 5 N–H and O–H groups in total. The third-order valence-corrected chi connectivity index (χ3v) is 0.663. The average Bonchev–Trinajstić information content (AvgIpc) is 1.79. The molecule has 2 atom stereocenters. The number of hydrogen-bond donors (Lipinski definition) is 3. The van der Waals surface area contributed by atoms with Crippen LogP contribution in [0.5, 0.6) is 0 Å². The van der Waals surface area contributed by atoms with E-state index in [1.807, 2.05) is 0 Å². The molecule has 5 heavy (non-hydrogen) atoms. The lowest BCUT2D eigenvalue weighted by molar-refractivity contribution is 0.962. The highest BCUT2D eigenvalue weighted by Gasteiger charge is 2.26. The fraction of sp³-hybridized carbons (Fsp3) is 1.00. The molecule has 1 aliphatic heterocycles. The van der Waals surface area contributed by atoms with Gasteiger partial charge in [0, 0.05) is 0 Å². The lowest BCUT2D eigenvalue weighted by Gasteiger charge is -1.66. The number of hydrogen-bond acceptors (Lipinski definition) is 3. The van der Waals surface area contributed by atoms with E-state index < -0.39 is 0 Å². The van der Waals surface area contributed by atoms with Gasteiger partial charge in [0.2, 0.25) is 0 Å². The molecule has 0 aliphatic carbocycles. The highest BCUT2D eigenvalue weighted by Crippen LogP contribution is 1.90. The Labute approximate surface area is 30.3 Å². The number of rotatable bonds is 0. The van der Waals surface area contributed by atoms with Crippen molar-refractivity contribution in [3.05, 3.63) is 0 Å². The quantitative estimate of drug-likeness (QED) is 0.295. The Morgan fingerprint density at radius 2 is 1.40 bits per heavy atom. The normalized spacial score (nSPS) is 49.2. The first-order valence-corrected chi connectivity index (χ1v) is 1.58. The van der Waals surface area contributed by atoms with E-state index in [0.717, 1.165) is 0 Å². The van der Waals surface area contributed by atoms with Gasteiger partial charge < -0.3 is 11.5 Å². The minimum absolute atomic E-state index is 0.0787. The fourth-order valence-corrected chi connectivity index (χ4v) is 0.167. The van der Waals surface area contributed by atoms with Crippen molar-refractivity contribution in [1.29, 1.82) is 0 Å². The molecule has 3 nitrogen and oxygen atoms in total. The van der Waals surface area contributed by atoms with Crippen LogP contribution in [0, 0.1) is 0 Å². The summed E-state index contributed by atoms with van der Waals surface area (Å²) in [4.78, 5) is 0. The van der Waals surface area contributed by atoms with Crippen molar-refractivity contribution < 1.29 is 0 Å². The lowest BCUT2D eigenvalue weighted by Crippen LogP contribution is -2.12. The van der Waals surface area contributed by atoms with Gasteiger partial charge in [-0.25, -0.2) is 0 Å². The van der Waals surface area contributed by atoms with E-state index in [1.54, 1.807) is 0 Å². The minimum Gasteiger partial charge on any atom is -0.313 e. The summed E-state index contributed by atoms with van der Waals surface area (Å²) < 4.78 is 0. The molecule has 0 radical (unpaired) electrons. The first kappa shape index (κ1) is 3.08. The SMILES string of the molecule is NC1NC1N. The van der Waals surface area contributed by atoms with Crippen LogP contribution in [0.1, 0.15) is 0 Å². The van der Waals surface area contributed by atoms with E-state index in [0.29, 0.717) is 0 Å². The van der Waals surface area contributed by atoms with Gasteiger partial charge >= 0.3 is 0 Å². The van der Waals surface area contributed by atoms with Gasteiger partial charge in [-0.2, -0.15) is 0 Å². The van der Waals surface area contributed by atoms with Gasteiger partial charge in [0.05, 0.1) is 12.3 Å². The second-order valence-electron chi connectivity index (χ2n) is 1.22. The molecular weight excluding hydrogens is 66.0 g/mol. The van der Waals surface area contributed by atoms with E-state index in [9.17, 15) is 0 Å². The summed E-state index contributed by atoms with van der Waals surface area (Å²) in [5, 5.41) is 2.75. The Kier molecular flexibility index (Phi) is 0.419. The molecule has 0 amide bonds. The zero-order valence-electron chi connectivity index (χ0n) is 2.81. The monoisotopic (exact) mass is 73.1 g/mol. The summed E-state index contributed by atoms with van der Waals surface area (Å²) in [6.07, 6.45) is 0.157. The van der Waals surface area contributed by atoms with Crippen molar-refractivity contribution in [1.82, 2.24) is 5.32 Å². The Bertz CT molecular complexity index is 38.2. The van der Waals surface area contributed by atoms with E-state index in [4.69, 9.17) is 11.5 Å². The van der Waals surface area contributed by atoms with E-state index in [2.05, 4.69) is 5.32 Å². The summed E-state index contributed by atoms with van der Waals surface area (Å²) in [7, 11) is 0. The largest absolute Gasteiger partial charge is 0.313 e. The minimum atomic E-state index is 0.0787.